The number of halogens is 1. The number of benzene rings is 1. The zero-order chi connectivity index (χ0) is 21.8. The molecule has 0 amide bonds. The highest BCUT2D eigenvalue weighted by atomic mass is 35.5. The van der Waals surface area contributed by atoms with Crippen LogP contribution in [0.3, 0.4) is 0 Å². The Balaban J connectivity index is -0.000000316. The van der Waals surface area contributed by atoms with Crippen molar-refractivity contribution in [2.75, 3.05) is 25.4 Å². The lowest BCUT2D eigenvalue weighted by Gasteiger charge is -2.09. The molecule has 3 nitrogen and oxygen atoms in total. The summed E-state index contributed by atoms with van der Waals surface area (Å²) in [5, 5.41) is 0.668. The number of nitrogens with zero attached hydrogens (tertiary/aromatic N) is 1. The minimum absolute atomic E-state index is 0.668. The number of hydrogen-bond donors (Lipinski definition) is 1. The van der Waals surface area contributed by atoms with Crippen molar-refractivity contribution in [2.24, 2.45) is 5.92 Å². The number of carbonyl (C=O) groups is 1. The summed E-state index contributed by atoms with van der Waals surface area (Å²) in [4.78, 5) is 11.3. The molecule has 1 heterocycles. The highest BCUT2D eigenvalue weighted by Gasteiger charge is 2.15. The average molecular weight is 401 g/mol. The summed E-state index contributed by atoms with van der Waals surface area (Å²) in [5.41, 5.74) is 8.75. The van der Waals surface area contributed by atoms with Gasteiger partial charge in [0.15, 0.2) is 0 Å². The van der Waals surface area contributed by atoms with E-state index in [0.717, 1.165) is 29.9 Å². The molecule has 0 radical (unpaired) electrons. The van der Waals surface area contributed by atoms with Crippen molar-refractivity contribution in [1.82, 2.24) is 4.90 Å². The number of hydrogen-bond acceptors (Lipinski definition) is 3. The van der Waals surface area contributed by atoms with Crippen molar-refractivity contribution in [3.05, 3.63) is 28.3 Å². The third-order valence-electron chi connectivity index (χ3n) is 3.70. The molecule has 1 aromatic rings. The normalized spacial score (nSPS) is 14.8. The summed E-state index contributed by atoms with van der Waals surface area (Å²) < 4.78 is 0. The lowest BCUT2D eigenvalue weighted by molar-refractivity contribution is -0.106. The van der Waals surface area contributed by atoms with Gasteiger partial charge in [-0.25, -0.2) is 0 Å². The number of carbonyl (C=O) groups excluding carboxylic acids is 1. The maximum atomic E-state index is 8.81. The summed E-state index contributed by atoms with van der Waals surface area (Å²) in [7, 11) is 0. The number of rotatable bonds is 2. The Hall–Kier alpha value is -1.06. The van der Waals surface area contributed by atoms with E-state index in [1.807, 2.05) is 26.8 Å². The summed E-state index contributed by atoms with van der Waals surface area (Å²) in [6, 6.07) is 3.96. The average Bonchev–Trinajstić information content (AvgIpc) is 3.07. The molecule has 1 aliphatic rings. The molecule has 27 heavy (non-hydrogen) atoms. The van der Waals surface area contributed by atoms with Crippen LogP contribution in [-0.2, 0) is 11.2 Å². The maximum Gasteiger partial charge on any atom is 0.116 e. The minimum Gasteiger partial charge on any atom is -0.397 e. The van der Waals surface area contributed by atoms with Gasteiger partial charge in [-0.3, -0.25) is 0 Å². The third kappa shape index (κ3) is 16.8. The fraction of sp³-hybridized carbons (Fsp3) is 0.696. The molecule has 1 aromatic carbocycles. The molecule has 4 heteroatoms. The second-order valence-electron chi connectivity index (χ2n) is 6.40. The molecule has 1 atom stereocenters. The molecule has 0 spiro atoms. The quantitative estimate of drug-likeness (QED) is 0.439. The van der Waals surface area contributed by atoms with Crippen LogP contribution in [0.1, 0.15) is 79.4 Å². The first-order valence-corrected chi connectivity index (χ1v) is 10.8. The monoisotopic (exact) mass is 400 g/mol. The van der Waals surface area contributed by atoms with Gasteiger partial charge in [-0.2, -0.15) is 0 Å². The lowest BCUT2D eigenvalue weighted by Crippen LogP contribution is -2.18. The van der Waals surface area contributed by atoms with Gasteiger partial charge in [0.25, 0.3) is 0 Å². The zero-order valence-corrected chi connectivity index (χ0v) is 20.1. The minimum atomic E-state index is 0.668. The van der Waals surface area contributed by atoms with Crippen LogP contribution in [0.15, 0.2) is 12.1 Å². The Bertz CT molecular complexity index is 464. The predicted molar refractivity (Wildman–Crippen MR) is 125 cm³/mol. The SMILES string of the molecule is CC.CC=O.CCC.CCN1CCC(C)C1.CCc1cc(C)cc(Cl)c1N. The summed E-state index contributed by atoms with van der Waals surface area (Å²) >= 11 is 5.87. The largest absolute Gasteiger partial charge is 0.397 e. The Morgan fingerprint density at radius 1 is 1.22 bits per heavy atom. The van der Waals surface area contributed by atoms with Crippen LogP contribution in [0.5, 0.6) is 0 Å². The summed E-state index contributed by atoms with van der Waals surface area (Å²) in [6.07, 6.45) is 4.35. The van der Waals surface area contributed by atoms with Gasteiger partial charge in [-0.1, -0.05) is 72.6 Å². The molecule has 1 saturated heterocycles. The van der Waals surface area contributed by atoms with E-state index in [2.05, 4.69) is 45.6 Å². The Morgan fingerprint density at radius 3 is 2.00 bits per heavy atom. The molecule has 0 saturated carbocycles. The Morgan fingerprint density at radius 2 is 1.70 bits per heavy atom. The van der Waals surface area contributed by atoms with Gasteiger partial charge in [-0.15, -0.1) is 0 Å². The molecule has 1 aliphatic heterocycles. The lowest BCUT2D eigenvalue weighted by atomic mass is 10.1. The van der Waals surface area contributed by atoms with E-state index in [1.54, 1.807) is 0 Å². The van der Waals surface area contributed by atoms with Crippen LogP contribution in [0.25, 0.3) is 0 Å². The first kappa shape index (κ1) is 30.7. The standard InChI is InChI=1S/C9H12ClN.C7H15N.C3H8.C2H4O.C2H6/c1-3-7-4-6(2)5-8(10)9(7)11;1-3-8-5-4-7(2)6-8;1-3-2;1-2-3;1-2/h4-5H,3,11H2,1-2H3;7H,3-6H2,1-2H3;3H2,1-2H3;2H,1H3;1-2H3. The van der Waals surface area contributed by atoms with E-state index >= 15 is 0 Å². The highest BCUT2D eigenvalue weighted by Crippen LogP contribution is 2.24. The van der Waals surface area contributed by atoms with E-state index in [0.29, 0.717) is 5.02 Å². The third-order valence-corrected chi connectivity index (χ3v) is 4.01. The number of nitrogen functional groups attached to an aromatic ring is 1. The fourth-order valence-electron chi connectivity index (χ4n) is 2.43. The van der Waals surface area contributed by atoms with E-state index in [1.165, 1.54) is 45.0 Å². The molecule has 1 fully saturated rings. The molecule has 0 aliphatic carbocycles. The van der Waals surface area contributed by atoms with E-state index in [9.17, 15) is 0 Å². The molecule has 160 valence electrons. The topological polar surface area (TPSA) is 46.3 Å². The molecular formula is C23H45ClN2O. The first-order chi connectivity index (χ1) is 12.8. The van der Waals surface area contributed by atoms with Gasteiger partial charge in [-0.05, 0) is 62.9 Å². The number of likely N-dealkylation sites (tertiary alicyclic amines) is 1. The molecular weight excluding hydrogens is 356 g/mol. The van der Waals surface area contributed by atoms with Gasteiger partial charge < -0.3 is 15.4 Å². The van der Waals surface area contributed by atoms with Gasteiger partial charge in [0, 0.05) is 6.54 Å². The van der Waals surface area contributed by atoms with Crippen molar-refractivity contribution < 1.29 is 4.79 Å². The highest BCUT2D eigenvalue weighted by molar-refractivity contribution is 6.33. The van der Waals surface area contributed by atoms with Crippen molar-refractivity contribution in [3.8, 4) is 0 Å². The van der Waals surface area contributed by atoms with E-state index < -0.39 is 0 Å². The fourth-order valence-corrected chi connectivity index (χ4v) is 2.72. The maximum absolute atomic E-state index is 8.81. The van der Waals surface area contributed by atoms with Crippen molar-refractivity contribution in [2.45, 2.75) is 81.6 Å². The van der Waals surface area contributed by atoms with Gasteiger partial charge in [0.2, 0.25) is 0 Å². The second kappa shape index (κ2) is 21.2. The molecule has 2 rings (SSSR count). The Labute approximate surface area is 174 Å². The summed E-state index contributed by atoms with van der Waals surface area (Å²) in [5.74, 6) is 0.954. The van der Waals surface area contributed by atoms with Crippen LogP contribution in [-0.4, -0.2) is 30.8 Å². The summed E-state index contributed by atoms with van der Waals surface area (Å²) in [6.45, 7) is 22.2. The van der Waals surface area contributed by atoms with Crippen molar-refractivity contribution >= 4 is 23.6 Å². The first-order valence-electron chi connectivity index (χ1n) is 10.5. The van der Waals surface area contributed by atoms with Crippen molar-refractivity contribution in [1.29, 1.82) is 0 Å². The van der Waals surface area contributed by atoms with Gasteiger partial charge in [0.05, 0.1) is 10.7 Å². The van der Waals surface area contributed by atoms with Crippen LogP contribution >= 0.6 is 11.6 Å². The predicted octanol–water partition coefficient (Wildman–Crippen LogP) is 6.79. The number of aryl methyl sites for hydroxylation is 2. The van der Waals surface area contributed by atoms with E-state index in [-0.39, 0.29) is 0 Å². The van der Waals surface area contributed by atoms with Crippen molar-refractivity contribution in [3.63, 3.8) is 0 Å². The molecule has 1 unspecified atom stereocenters. The number of aldehydes is 1. The molecule has 0 bridgehead atoms. The molecule has 0 aromatic heterocycles. The van der Waals surface area contributed by atoms with E-state index in [4.69, 9.17) is 22.1 Å². The van der Waals surface area contributed by atoms with Crippen LogP contribution in [0.4, 0.5) is 5.69 Å². The second-order valence-corrected chi connectivity index (χ2v) is 6.81. The molecule has 2 N–H and O–H groups in total. The Kier molecular flexibility index (Phi) is 24.1. The van der Waals surface area contributed by atoms with Crippen LogP contribution in [0.2, 0.25) is 5.02 Å². The van der Waals surface area contributed by atoms with Gasteiger partial charge in [0.1, 0.15) is 6.29 Å². The van der Waals surface area contributed by atoms with Crippen LogP contribution < -0.4 is 5.73 Å². The van der Waals surface area contributed by atoms with Crippen LogP contribution in [0, 0.1) is 12.8 Å². The number of nitrogens with two attached hydrogens (primary N) is 1. The van der Waals surface area contributed by atoms with Gasteiger partial charge >= 0.3 is 0 Å². The number of anilines is 1. The smallest absolute Gasteiger partial charge is 0.116 e. The zero-order valence-electron chi connectivity index (χ0n) is 19.4.